The first-order valence-electron chi connectivity index (χ1n) is 8.22. The normalized spacial score (nSPS) is 20.2. The van der Waals surface area contributed by atoms with Crippen molar-refractivity contribution in [2.75, 3.05) is 13.2 Å². The van der Waals surface area contributed by atoms with E-state index in [0.717, 1.165) is 23.8 Å². The maximum absolute atomic E-state index is 5.77. The number of hydrogen-bond donors (Lipinski definition) is 2. The summed E-state index contributed by atoms with van der Waals surface area (Å²) in [5.74, 6) is 8.34. The van der Waals surface area contributed by atoms with E-state index in [1.807, 2.05) is 6.07 Å². The van der Waals surface area contributed by atoms with Crippen LogP contribution >= 0.6 is 0 Å². The third-order valence-corrected chi connectivity index (χ3v) is 4.76. The van der Waals surface area contributed by atoms with Gasteiger partial charge in [0.2, 0.25) is 0 Å². The number of ether oxygens (including phenoxy) is 2. The minimum Gasteiger partial charge on any atom is -0.486 e. The van der Waals surface area contributed by atoms with Crippen LogP contribution in [-0.4, -0.2) is 13.2 Å². The average Bonchev–Trinajstić information content (AvgIpc) is 2.56. The van der Waals surface area contributed by atoms with Gasteiger partial charge in [-0.25, -0.2) is 0 Å². The topological polar surface area (TPSA) is 56.5 Å². The fourth-order valence-electron chi connectivity index (χ4n) is 3.50. The predicted molar refractivity (Wildman–Crippen MR) is 83.3 cm³/mol. The summed E-state index contributed by atoms with van der Waals surface area (Å²) in [5, 5.41) is 0. The number of benzene rings is 1. The smallest absolute Gasteiger partial charge is 0.161 e. The van der Waals surface area contributed by atoms with Crippen LogP contribution in [0.2, 0.25) is 0 Å². The lowest BCUT2D eigenvalue weighted by Crippen LogP contribution is -2.28. The summed E-state index contributed by atoms with van der Waals surface area (Å²) in [7, 11) is 0. The molecule has 1 heterocycles. The summed E-state index contributed by atoms with van der Waals surface area (Å²) in [6.45, 7) is 1.26. The molecule has 1 aromatic carbocycles. The predicted octanol–water partition coefficient (Wildman–Crippen LogP) is 3.32. The van der Waals surface area contributed by atoms with Crippen molar-refractivity contribution in [1.82, 2.24) is 5.43 Å². The van der Waals surface area contributed by atoms with Crippen LogP contribution in [0.25, 0.3) is 0 Å². The second-order valence-corrected chi connectivity index (χ2v) is 6.20. The Hall–Kier alpha value is -1.26. The Morgan fingerprint density at radius 2 is 1.86 bits per heavy atom. The largest absolute Gasteiger partial charge is 0.486 e. The third-order valence-electron chi connectivity index (χ3n) is 4.76. The van der Waals surface area contributed by atoms with Crippen molar-refractivity contribution >= 4 is 0 Å². The lowest BCUT2D eigenvalue weighted by atomic mass is 9.84. The zero-order chi connectivity index (χ0) is 14.5. The van der Waals surface area contributed by atoms with Crippen molar-refractivity contribution in [3.8, 4) is 11.5 Å². The van der Waals surface area contributed by atoms with Gasteiger partial charge in [0.05, 0.1) is 0 Å². The molecular weight excluding hydrogens is 264 g/mol. The van der Waals surface area contributed by atoms with E-state index in [0.29, 0.717) is 13.2 Å². The van der Waals surface area contributed by atoms with Crippen LogP contribution in [0.15, 0.2) is 18.2 Å². The van der Waals surface area contributed by atoms with E-state index in [-0.39, 0.29) is 6.04 Å². The molecule has 1 aliphatic heterocycles. The van der Waals surface area contributed by atoms with Crippen molar-refractivity contribution < 1.29 is 9.47 Å². The van der Waals surface area contributed by atoms with E-state index < -0.39 is 0 Å². The Bertz CT molecular complexity index is 458. The highest BCUT2D eigenvalue weighted by Crippen LogP contribution is 2.35. The molecule has 1 unspecified atom stereocenters. The highest BCUT2D eigenvalue weighted by Gasteiger charge is 2.19. The molecule has 116 valence electrons. The summed E-state index contributed by atoms with van der Waals surface area (Å²) in [6.07, 6.45) is 9.32. The molecule has 1 aromatic rings. The van der Waals surface area contributed by atoms with Crippen LogP contribution in [0.5, 0.6) is 11.5 Å². The molecule has 4 nitrogen and oxygen atoms in total. The van der Waals surface area contributed by atoms with Crippen LogP contribution in [0.1, 0.15) is 56.6 Å². The lowest BCUT2D eigenvalue weighted by Gasteiger charge is -2.25. The number of fused-ring (bicyclic) bond motifs is 1. The molecule has 1 fully saturated rings. The quantitative estimate of drug-likeness (QED) is 0.645. The molecule has 1 aliphatic carbocycles. The van der Waals surface area contributed by atoms with Gasteiger partial charge in [-0.15, -0.1) is 0 Å². The highest BCUT2D eigenvalue weighted by molar-refractivity contribution is 5.44. The van der Waals surface area contributed by atoms with E-state index >= 15 is 0 Å². The summed E-state index contributed by atoms with van der Waals surface area (Å²) >= 11 is 0. The van der Waals surface area contributed by atoms with E-state index in [4.69, 9.17) is 15.3 Å². The third kappa shape index (κ3) is 3.69. The van der Waals surface area contributed by atoms with Gasteiger partial charge in [-0.2, -0.15) is 0 Å². The average molecular weight is 290 g/mol. The van der Waals surface area contributed by atoms with Crippen LogP contribution in [-0.2, 0) is 0 Å². The molecule has 2 aliphatic rings. The molecule has 3 N–H and O–H groups in total. The monoisotopic (exact) mass is 290 g/mol. The van der Waals surface area contributed by atoms with Gasteiger partial charge in [0.15, 0.2) is 11.5 Å². The van der Waals surface area contributed by atoms with E-state index in [2.05, 4.69) is 17.6 Å². The minimum absolute atomic E-state index is 0.197. The van der Waals surface area contributed by atoms with Crippen molar-refractivity contribution in [2.45, 2.75) is 51.0 Å². The molecule has 3 rings (SSSR count). The Labute approximate surface area is 127 Å². The second-order valence-electron chi connectivity index (χ2n) is 6.20. The van der Waals surface area contributed by atoms with E-state index in [1.165, 1.54) is 44.1 Å². The Morgan fingerprint density at radius 3 is 2.62 bits per heavy atom. The second kappa shape index (κ2) is 7.14. The molecular formula is C17H26N2O2. The van der Waals surface area contributed by atoms with Crippen LogP contribution < -0.4 is 20.7 Å². The summed E-state index contributed by atoms with van der Waals surface area (Å²) in [5.41, 5.74) is 4.16. The summed E-state index contributed by atoms with van der Waals surface area (Å²) < 4.78 is 11.2. The van der Waals surface area contributed by atoms with Crippen LogP contribution in [0.4, 0.5) is 0 Å². The molecule has 0 amide bonds. The van der Waals surface area contributed by atoms with Gasteiger partial charge >= 0.3 is 0 Å². The standard InChI is InChI=1S/C17H26N2O2/c18-19-15(8-6-13-4-2-1-3-5-13)14-7-9-16-17(12-14)21-11-10-20-16/h7,9,12-13,15,19H,1-6,8,10-11,18H2. The number of hydrazine groups is 1. The van der Waals surface area contributed by atoms with Gasteiger partial charge in [-0.1, -0.05) is 38.2 Å². The maximum Gasteiger partial charge on any atom is 0.161 e. The van der Waals surface area contributed by atoms with Gasteiger partial charge in [-0.05, 0) is 36.5 Å². The van der Waals surface area contributed by atoms with Crippen LogP contribution in [0.3, 0.4) is 0 Å². The molecule has 0 aromatic heterocycles. The first-order chi connectivity index (χ1) is 10.4. The van der Waals surface area contributed by atoms with Gasteiger partial charge in [0, 0.05) is 6.04 Å². The van der Waals surface area contributed by atoms with Gasteiger partial charge in [-0.3, -0.25) is 11.3 Å². The van der Waals surface area contributed by atoms with E-state index in [1.54, 1.807) is 0 Å². The molecule has 1 atom stereocenters. The number of hydrogen-bond acceptors (Lipinski definition) is 4. The first-order valence-corrected chi connectivity index (χ1v) is 8.22. The van der Waals surface area contributed by atoms with Gasteiger partial charge in [0.25, 0.3) is 0 Å². The van der Waals surface area contributed by atoms with Crippen molar-refractivity contribution in [2.24, 2.45) is 11.8 Å². The number of nitrogens with two attached hydrogens (primary N) is 1. The number of rotatable bonds is 5. The van der Waals surface area contributed by atoms with Crippen molar-refractivity contribution in [3.63, 3.8) is 0 Å². The molecule has 1 saturated carbocycles. The zero-order valence-corrected chi connectivity index (χ0v) is 12.6. The first kappa shape index (κ1) is 14.7. The molecule has 0 bridgehead atoms. The Morgan fingerprint density at radius 1 is 1.10 bits per heavy atom. The fourth-order valence-corrected chi connectivity index (χ4v) is 3.50. The Balaban J connectivity index is 1.62. The SMILES string of the molecule is NNC(CCC1CCCCC1)c1ccc2c(c1)OCCO2. The molecule has 21 heavy (non-hydrogen) atoms. The minimum atomic E-state index is 0.197. The molecule has 0 spiro atoms. The van der Waals surface area contributed by atoms with Crippen molar-refractivity contribution in [1.29, 1.82) is 0 Å². The van der Waals surface area contributed by atoms with Gasteiger partial charge in [0.1, 0.15) is 13.2 Å². The van der Waals surface area contributed by atoms with E-state index in [9.17, 15) is 0 Å². The molecule has 0 saturated heterocycles. The molecule has 0 radical (unpaired) electrons. The lowest BCUT2D eigenvalue weighted by molar-refractivity contribution is 0.171. The Kier molecular flexibility index (Phi) is 4.99. The number of nitrogens with one attached hydrogen (secondary N) is 1. The fraction of sp³-hybridized carbons (Fsp3) is 0.647. The van der Waals surface area contributed by atoms with Crippen LogP contribution in [0, 0.1) is 5.92 Å². The van der Waals surface area contributed by atoms with Crippen molar-refractivity contribution in [3.05, 3.63) is 23.8 Å². The highest BCUT2D eigenvalue weighted by atomic mass is 16.6. The zero-order valence-electron chi connectivity index (χ0n) is 12.6. The van der Waals surface area contributed by atoms with Gasteiger partial charge < -0.3 is 9.47 Å². The summed E-state index contributed by atoms with van der Waals surface area (Å²) in [6, 6.07) is 6.36. The molecule has 4 heteroatoms. The summed E-state index contributed by atoms with van der Waals surface area (Å²) in [4.78, 5) is 0. The maximum atomic E-state index is 5.77.